The summed E-state index contributed by atoms with van der Waals surface area (Å²) in [5.41, 5.74) is 2.23. The number of morpholine rings is 1. The van der Waals surface area contributed by atoms with Crippen LogP contribution in [0.3, 0.4) is 0 Å². The van der Waals surface area contributed by atoms with E-state index < -0.39 is 10.0 Å². The SMILES string of the molecule is CCn1c(SCC(=O)NCc2ccccn2)nc2cc(S(=O)(=O)N3CCOCC3)ccc21. The van der Waals surface area contributed by atoms with Crippen LogP contribution in [-0.4, -0.2) is 65.2 Å². The predicted molar refractivity (Wildman–Crippen MR) is 122 cm³/mol. The molecule has 0 aliphatic carbocycles. The Morgan fingerprint density at radius 2 is 2.03 bits per heavy atom. The highest BCUT2D eigenvalue weighted by Gasteiger charge is 2.27. The van der Waals surface area contributed by atoms with Crippen LogP contribution in [0.2, 0.25) is 0 Å². The summed E-state index contributed by atoms with van der Waals surface area (Å²) in [6.45, 7) is 4.50. The monoisotopic (exact) mass is 475 g/mol. The van der Waals surface area contributed by atoms with Crippen LogP contribution in [0.4, 0.5) is 0 Å². The Morgan fingerprint density at radius 1 is 1.22 bits per heavy atom. The van der Waals surface area contributed by atoms with Gasteiger partial charge in [0, 0.05) is 25.8 Å². The third-order valence-corrected chi connectivity index (χ3v) is 8.00. The molecule has 170 valence electrons. The highest BCUT2D eigenvalue weighted by atomic mass is 32.2. The Kier molecular flexibility index (Phi) is 7.09. The molecule has 0 unspecified atom stereocenters. The molecule has 3 aromatic rings. The molecule has 0 atom stereocenters. The lowest BCUT2D eigenvalue weighted by Gasteiger charge is -2.26. The second kappa shape index (κ2) is 9.99. The minimum atomic E-state index is -3.60. The van der Waals surface area contributed by atoms with Crippen LogP contribution in [0.25, 0.3) is 11.0 Å². The van der Waals surface area contributed by atoms with Gasteiger partial charge in [-0.1, -0.05) is 17.8 Å². The van der Waals surface area contributed by atoms with Crippen LogP contribution in [0.1, 0.15) is 12.6 Å². The molecule has 3 heterocycles. The number of sulfonamides is 1. The van der Waals surface area contributed by atoms with Gasteiger partial charge < -0.3 is 14.6 Å². The van der Waals surface area contributed by atoms with E-state index in [9.17, 15) is 13.2 Å². The number of benzene rings is 1. The Hall–Kier alpha value is -2.47. The summed E-state index contributed by atoms with van der Waals surface area (Å²) in [6.07, 6.45) is 1.69. The molecule has 0 radical (unpaired) electrons. The Morgan fingerprint density at radius 3 is 2.75 bits per heavy atom. The van der Waals surface area contributed by atoms with Crippen molar-refractivity contribution in [1.82, 2.24) is 24.2 Å². The van der Waals surface area contributed by atoms with Crippen LogP contribution in [0.5, 0.6) is 0 Å². The van der Waals surface area contributed by atoms with Gasteiger partial charge in [0.2, 0.25) is 15.9 Å². The number of ether oxygens (including phenoxy) is 1. The number of pyridine rings is 1. The molecule has 1 aliphatic heterocycles. The normalized spacial score (nSPS) is 15.2. The van der Waals surface area contributed by atoms with Gasteiger partial charge in [-0.25, -0.2) is 13.4 Å². The second-order valence-electron chi connectivity index (χ2n) is 7.19. The van der Waals surface area contributed by atoms with Gasteiger partial charge in [-0.05, 0) is 37.3 Å². The quantitative estimate of drug-likeness (QED) is 0.496. The van der Waals surface area contributed by atoms with Gasteiger partial charge in [0.15, 0.2) is 5.16 Å². The highest BCUT2D eigenvalue weighted by molar-refractivity contribution is 7.99. The lowest BCUT2D eigenvalue weighted by atomic mass is 10.3. The van der Waals surface area contributed by atoms with E-state index in [0.29, 0.717) is 50.1 Å². The maximum absolute atomic E-state index is 13.0. The number of carbonyl (C=O) groups is 1. The molecule has 1 aromatic carbocycles. The topological polar surface area (TPSA) is 106 Å². The van der Waals surface area contributed by atoms with Gasteiger partial charge in [-0.3, -0.25) is 9.78 Å². The molecule has 32 heavy (non-hydrogen) atoms. The number of nitrogens with one attached hydrogen (secondary N) is 1. The van der Waals surface area contributed by atoms with E-state index >= 15 is 0 Å². The summed E-state index contributed by atoms with van der Waals surface area (Å²) in [4.78, 5) is 21.3. The molecule has 1 N–H and O–H groups in total. The fourth-order valence-corrected chi connectivity index (χ4v) is 5.81. The van der Waals surface area contributed by atoms with E-state index in [-0.39, 0.29) is 16.6 Å². The molecule has 1 saturated heterocycles. The summed E-state index contributed by atoms with van der Waals surface area (Å²) < 4.78 is 34.6. The molecular formula is C21H25N5O4S2. The fraction of sp³-hybridized carbons (Fsp3) is 0.381. The fourth-order valence-electron chi connectivity index (χ4n) is 3.47. The maximum atomic E-state index is 13.0. The molecule has 1 amide bonds. The van der Waals surface area contributed by atoms with Gasteiger partial charge in [0.05, 0.1) is 47.1 Å². The molecule has 4 rings (SSSR count). The zero-order valence-corrected chi connectivity index (χ0v) is 19.4. The summed E-state index contributed by atoms with van der Waals surface area (Å²) in [5, 5.41) is 3.53. The standard InChI is InChI=1S/C21H25N5O4S2/c1-2-26-19-7-6-17(32(28,29)25-9-11-30-12-10-25)13-18(19)24-21(26)31-15-20(27)23-14-16-5-3-4-8-22-16/h3-8,13H,2,9-12,14-15H2,1H3,(H,23,27). The highest BCUT2D eigenvalue weighted by Crippen LogP contribution is 2.27. The number of carbonyl (C=O) groups excluding carboxylic acids is 1. The number of hydrogen-bond donors (Lipinski definition) is 1. The van der Waals surface area contributed by atoms with E-state index in [1.165, 1.54) is 16.1 Å². The molecule has 2 aromatic heterocycles. The molecule has 0 spiro atoms. The van der Waals surface area contributed by atoms with Crippen LogP contribution >= 0.6 is 11.8 Å². The summed E-state index contributed by atoms with van der Waals surface area (Å²) >= 11 is 1.33. The van der Waals surface area contributed by atoms with Crippen molar-refractivity contribution in [2.45, 2.75) is 30.1 Å². The minimum absolute atomic E-state index is 0.119. The summed E-state index contributed by atoms with van der Waals surface area (Å²) in [7, 11) is -3.60. The van der Waals surface area contributed by atoms with Crippen molar-refractivity contribution in [3.05, 3.63) is 48.3 Å². The number of aryl methyl sites for hydroxylation is 1. The van der Waals surface area contributed by atoms with E-state index in [4.69, 9.17) is 4.74 Å². The molecule has 0 saturated carbocycles. The zero-order valence-electron chi connectivity index (χ0n) is 17.7. The van der Waals surface area contributed by atoms with Gasteiger partial charge in [0.25, 0.3) is 0 Å². The third-order valence-electron chi connectivity index (χ3n) is 5.13. The first-order valence-electron chi connectivity index (χ1n) is 10.4. The van der Waals surface area contributed by atoms with Crippen LogP contribution < -0.4 is 5.32 Å². The summed E-state index contributed by atoms with van der Waals surface area (Å²) in [6, 6.07) is 10.6. The number of amides is 1. The van der Waals surface area contributed by atoms with Gasteiger partial charge in [-0.15, -0.1) is 0 Å². The van der Waals surface area contributed by atoms with Crippen molar-refractivity contribution < 1.29 is 17.9 Å². The van der Waals surface area contributed by atoms with Gasteiger partial charge in [0.1, 0.15) is 0 Å². The van der Waals surface area contributed by atoms with Crippen LogP contribution in [-0.2, 0) is 32.6 Å². The zero-order chi connectivity index (χ0) is 22.6. The van der Waals surface area contributed by atoms with E-state index in [1.54, 1.807) is 24.4 Å². The second-order valence-corrected chi connectivity index (χ2v) is 10.1. The Bertz CT molecular complexity index is 1190. The molecule has 1 fully saturated rings. The number of thioether (sulfide) groups is 1. The molecule has 0 bridgehead atoms. The number of nitrogens with zero attached hydrogens (tertiary/aromatic N) is 4. The first-order chi connectivity index (χ1) is 15.5. The lowest BCUT2D eigenvalue weighted by Crippen LogP contribution is -2.40. The predicted octanol–water partition coefficient (Wildman–Crippen LogP) is 1.88. The lowest BCUT2D eigenvalue weighted by molar-refractivity contribution is -0.118. The third kappa shape index (κ3) is 4.96. The Labute approximate surface area is 191 Å². The number of rotatable bonds is 8. The van der Waals surface area contributed by atoms with Gasteiger partial charge in [-0.2, -0.15) is 4.31 Å². The molecule has 11 heteroatoms. The number of fused-ring (bicyclic) bond motifs is 1. The summed E-state index contributed by atoms with van der Waals surface area (Å²) in [5.74, 6) is 0.0840. The van der Waals surface area contributed by atoms with E-state index in [1.807, 2.05) is 29.7 Å². The minimum Gasteiger partial charge on any atom is -0.379 e. The first-order valence-corrected chi connectivity index (χ1v) is 12.8. The van der Waals surface area contributed by atoms with Crippen molar-refractivity contribution in [3.63, 3.8) is 0 Å². The number of hydrogen-bond acceptors (Lipinski definition) is 7. The van der Waals surface area contributed by atoms with E-state index in [0.717, 1.165) is 11.2 Å². The van der Waals surface area contributed by atoms with Gasteiger partial charge >= 0.3 is 0 Å². The first kappa shape index (κ1) is 22.7. The maximum Gasteiger partial charge on any atom is 0.243 e. The van der Waals surface area contributed by atoms with Crippen molar-refractivity contribution in [2.24, 2.45) is 0 Å². The van der Waals surface area contributed by atoms with Crippen molar-refractivity contribution in [3.8, 4) is 0 Å². The number of aromatic nitrogens is 3. The van der Waals surface area contributed by atoms with Crippen molar-refractivity contribution >= 4 is 38.7 Å². The van der Waals surface area contributed by atoms with Crippen molar-refractivity contribution in [2.75, 3.05) is 32.1 Å². The number of imidazole rings is 1. The van der Waals surface area contributed by atoms with Crippen LogP contribution in [0, 0.1) is 0 Å². The van der Waals surface area contributed by atoms with Crippen molar-refractivity contribution in [1.29, 1.82) is 0 Å². The van der Waals surface area contributed by atoms with E-state index in [2.05, 4.69) is 15.3 Å². The molecule has 1 aliphatic rings. The molecular weight excluding hydrogens is 450 g/mol. The Balaban J connectivity index is 1.48. The average molecular weight is 476 g/mol. The molecule has 9 nitrogen and oxygen atoms in total. The van der Waals surface area contributed by atoms with Crippen LogP contribution in [0.15, 0.2) is 52.6 Å². The largest absolute Gasteiger partial charge is 0.379 e. The average Bonchev–Trinajstić information content (AvgIpc) is 3.19. The smallest absolute Gasteiger partial charge is 0.243 e.